The van der Waals surface area contributed by atoms with Crippen molar-refractivity contribution < 1.29 is 0 Å². The Morgan fingerprint density at radius 1 is 1.11 bits per heavy atom. The molecule has 0 radical (unpaired) electrons. The van der Waals surface area contributed by atoms with Crippen LogP contribution in [-0.2, 0) is 6.42 Å². The van der Waals surface area contributed by atoms with Crippen LogP contribution in [0.1, 0.15) is 17.7 Å². The molecule has 18 heavy (non-hydrogen) atoms. The van der Waals surface area contributed by atoms with Gasteiger partial charge in [-0.15, -0.1) is 11.3 Å². The molecule has 1 aromatic heterocycles. The summed E-state index contributed by atoms with van der Waals surface area (Å²) in [6.07, 6.45) is 3.96. The average molecular weight is 257 g/mol. The van der Waals surface area contributed by atoms with Crippen molar-refractivity contribution in [2.45, 2.75) is 19.3 Å². The van der Waals surface area contributed by atoms with Gasteiger partial charge in [-0.3, -0.25) is 0 Å². The molecule has 1 nitrogen and oxygen atoms in total. The molecule has 0 bridgehead atoms. The molecule has 0 amide bonds. The first-order chi connectivity index (χ1) is 8.92. The fraction of sp³-hybridized carbons (Fsp3) is 0.375. The molecule has 1 aliphatic rings. The van der Waals surface area contributed by atoms with Gasteiger partial charge in [0.1, 0.15) is 0 Å². The molecule has 2 heteroatoms. The Morgan fingerprint density at radius 3 is 2.78 bits per heavy atom. The van der Waals surface area contributed by atoms with Crippen LogP contribution < -0.4 is 5.32 Å². The van der Waals surface area contributed by atoms with Crippen LogP contribution >= 0.6 is 11.3 Å². The van der Waals surface area contributed by atoms with Crippen LogP contribution in [0.2, 0.25) is 0 Å². The maximum absolute atomic E-state index is 3.50. The van der Waals surface area contributed by atoms with Gasteiger partial charge in [-0.05, 0) is 56.0 Å². The molecular weight excluding hydrogens is 238 g/mol. The highest BCUT2D eigenvalue weighted by atomic mass is 32.1. The lowest BCUT2D eigenvalue weighted by Gasteiger charge is -2.21. The summed E-state index contributed by atoms with van der Waals surface area (Å²) in [5.41, 5.74) is 1.34. The van der Waals surface area contributed by atoms with Crippen LogP contribution in [0.25, 0.3) is 10.4 Å². The van der Waals surface area contributed by atoms with Gasteiger partial charge in [0.2, 0.25) is 0 Å². The van der Waals surface area contributed by atoms with Gasteiger partial charge < -0.3 is 5.32 Å². The second-order valence-corrected chi connectivity index (χ2v) is 6.22. The zero-order valence-corrected chi connectivity index (χ0v) is 11.4. The zero-order valence-electron chi connectivity index (χ0n) is 10.6. The molecule has 3 rings (SSSR count). The largest absolute Gasteiger partial charge is 0.316 e. The lowest BCUT2D eigenvalue weighted by molar-refractivity contribution is 0.378. The van der Waals surface area contributed by atoms with Crippen molar-refractivity contribution in [2.75, 3.05) is 13.1 Å². The summed E-state index contributed by atoms with van der Waals surface area (Å²) in [6, 6.07) is 15.3. The number of rotatable bonds is 3. The van der Waals surface area contributed by atoms with Crippen LogP contribution in [-0.4, -0.2) is 13.1 Å². The molecule has 1 N–H and O–H groups in total. The van der Waals surface area contributed by atoms with Crippen molar-refractivity contribution in [3.8, 4) is 10.4 Å². The van der Waals surface area contributed by atoms with Crippen LogP contribution in [0.15, 0.2) is 42.5 Å². The van der Waals surface area contributed by atoms with Crippen molar-refractivity contribution in [2.24, 2.45) is 5.92 Å². The molecule has 94 valence electrons. The van der Waals surface area contributed by atoms with Gasteiger partial charge in [0.15, 0.2) is 0 Å². The predicted octanol–water partition coefficient (Wildman–Crippen LogP) is 3.96. The van der Waals surface area contributed by atoms with Gasteiger partial charge >= 0.3 is 0 Å². The van der Waals surface area contributed by atoms with Gasteiger partial charge in [0, 0.05) is 9.75 Å². The minimum Gasteiger partial charge on any atom is -0.316 e. The third-order valence-corrected chi connectivity index (χ3v) is 4.77. The fourth-order valence-electron chi connectivity index (χ4n) is 2.63. The molecule has 0 aliphatic carbocycles. The third-order valence-electron chi connectivity index (χ3n) is 3.61. The van der Waals surface area contributed by atoms with Crippen LogP contribution in [0.5, 0.6) is 0 Å². The van der Waals surface area contributed by atoms with E-state index in [2.05, 4.69) is 47.8 Å². The minimum atomic E-state index is 0.834. The molecule has 1 atom stereocenters. The van der Waals surface area contributed by atoms with Gasteiger partial charge in [0.25, 0.3) is 0 Å². The monoisotopic (exact) mass is 257 g/mol. The summed E-state index contributed by atoms with van der Waals surface area (Å²) in [5.74, 6) is 0.834. The molecule has 1 saturated heterocycles. The van der Waals surface area contributed by atoms with Crippen LogP contribution in [0, 0.1) is 5.92 Å². The van der Waals surface area contributed by atoms with E-state index in [0.717, 1.165) is 5.92 Å². The summed E-state index contributed by atoms with van der Waals surface area (Å²) in [6.45, 7) is 2.40. The van der Waals surface area contributed by atoms with Crippen molar-refractivity contribution in [1.82, 2.24) is 5.32 Å². The van der Waals surface area contributed by atoms with Crippen molar-refractivity contribution in [1.29, 1.82) is 0 Å². The van der Waals surface area contributed by atoms with Crippen LogP contribution in [0.3, 0.4) is 0 Å². The first-order valence-corrected chi connectivity index (χ1v) is 7.58. The number of piperidine rings is 1. The molecule has 2 aromatic rings. The first kappa shape index (κ1) is 11.9. The third kappa shape index (κ3) is 2.82. The van der Waals surface area contributed by atoms with E-state index in [4.69, 9.17) is 0 Å². The van der Waals surface area contributed by atoms with Crippen molar-refractivity contribution in [3.05, 3.63) is 47.3 Å². The van der Waals surface area contributed by atoms with Gasteiger partial charge in [-0.1, -0.05) is 30.3 Å². The van der Waals surface area contributed by atoms with Gasteiger partial charge in [-0.25, -0.2) is 0 Å². The zero-order chi connectivity index (χ0) is 12.2. The summed E-state index contributed by atoms with van der Waals surface area (Å²) in [7, 11) is 0. The van der Waals surface area contributed by atoms with E-state index in [9.17, 15) is 0 Å². The molecule has 0 saturated carbocycles. The highest BCUT2D eigenvalue weighted by Crippen LogP contribution is 2.30. The van der Waals surface area contributed by atoms with E-state index in [1.165, 1.54) is 47.7 Å². The Balaban J connectivity index is 1.69. The summed E-state index contributed by atoms with van der Waals surface area (Å²) in [5, 5.41) is 3.50. The Kier molecular flexibility index (Phi) is 3.77. The average Bonchev–Trinajstić information content (AvgIpc) is 2.89. The SMILES string of the molecule is c1ccc(-c2ccc(CC3CCCNC3)s2)cc1. The number of benzene rings is 1. The van der Waals surface area contributed by atoms with E-state index in [0.29, 0.717) is 0 Å². The highest BCUT2D eigenvalue weighted by Gasteiger charge is 2.14. The fourth-order valence-corrected chi connectivity index (χ4v) is 3.76. The molecular formula is C16H19NS. The summed E-state index contributed by atoms with van der Waals surface area (Å²) < 4.78 is 0. The summed E-state index contributed by atoms with van der Waals surface area (Å²) in [4.78, 5) is 2.93. The molecule has 1 fully saturated rings. The van der Waals surface area contributed by atoms with E-state index >= 15 is 0 Å². The smallest absolute Gasteiger partial charge is 0.0345 e. The molecule has 1 unspecified atom stereocenters. The Labute approximate surface area is 113 Å². The second-order valence-electron chi connectivity index (χ2n) is 5.05. The second kappa shape index (κ2) is 5.68. The Bertz CT molecular complexity index is 483. The van der Waals surface area contributed by atoms with Crippen molar-refractivity contribution in [3.63, 3.8) is 0 Å². The Hall–Kier alpha value is -1.12. The molecule has 1 aromatic carbocycles. The van der Waals surface area contributed by atoms with E-state index in [1.807, 2.05) is 11.3 Å². The topological polar surface area (TPSA) is 12.0 Å². The number of hydrogen-bond acceptors (Lipinski definition) is 2. The highest BCUT2D eigenvalue weighted by molar-refractivity contribution is 7.15. The van der Waals surface area contributed by atoms with E-state index in [-0.39, 0.29) is 0 Å². The maximum Gasteiger partial charge on any atom is 0.0345 e. The predicted molar refractivity (Wildman–Crippen MR) is 79.1 cm³/mol. The van der Waals surface area contributed by atoms with Gasteiger partial charge in [-0.2, -0.15) is 0 Å². The lowest BCUT2D eigenvalue weighted by Crippen LogP contribution is -2.30. The van der Waals surface area contributed by atoms with Gasteiger partial charge in [0.05, 0.1) is 0 Å². The number of thiophene rings is 1. The maximum atomic E-state index is 3.50. The lowest BCUT2D eigenvalue weighted by atomic mass is 9.96. The molecule has 2 heterocycles. The Morgan fingerprint density at radius 2 is 2.00 bits per heavy atom. The van der Waals surface area contributed by atoms with E-state index < -0.39 is 0 Å². The first-order valence-electron chi connectivity index (χ1n) is 6.77. The van der Waals surface area contributed by atoms with Crippen LogP contribution in [0.4, 0.5) is 0 Å². The number of nitrogens with one attached hydrogen (secondary N) is 1. The minimum absolute atomic E-state index is 0.834. The number of hydrogen-bond donors (Lipinski definition) is 1. The molecule has 0 spiro atoms. The summed E-state index contributed by atoms with van der Waals surface area (Å²) >= 11 is 1.95. The standard InChI is InChI=1S/C16H19NS/c1-2-6-14(7-3-1)16-9-8-15(18-16)11-13-5-4-10-17-12-13/h1-3,6-9,13,17H,4-5,10-12H2. The van der Waals surface area contributed by atoms with E-state index in [1.54, 1.807) is 0 Å². The normalized spacial score (nSPS) is 19.9. The van der Waals surface area contributed by atoms with Crippen molar-refractivity contribution >= 4 is 11.3 Å². The molecule has 1 aliphatic heterocycles. The quantitative estimate of drug-likeness (QED) is 0.877.